The fraction of sp³-hybridized carbons (Fsp3) is 0.667. The number of hydrogen-bond donors (Lipinski definition) is 1. The predicted octanol–water partition coefficient (Wildman–Crippen LogP) is 2.86. The van der Waals surface area contributed by atoms with Gasteiger partial charge in [-0.05, 0) is 30.4 Å². The summed E-state index contributed by atoms with van der Waals surface area (Å²) in [5, 5.41) is 11.5. The van der Waals surface area contributed by atoms with Crippen molar-refractivity contribution in [2.75, 3.05) is 5.32 Å². The molecule has 15 heavy (non-hydrogen) atoms. The number of nitrogens with zero attached hydrogens (tertiary/aromatic N) is 2. The standard InChI is InChI=1S/C12H19N3/c1-12(2)8-4-3-6-10(12)14-11-7-5-9-13-15-11/h5,7,9-10H,3-4,6,8H2,1-2H3,(H,14,15). The number of aromatic nitrogens is 2. The lowest BCUT2D eigenvalue weighted by Crippen LogP contribution is -2.39. The van der Waals surface area contributed by atoms with Gasteiger partial charge in [-0.25, -0.2) is 0 Å². The fourth-order valence-corrected chi connectivity index (χ4v) is 2.32. The quantitative estimate of drug-likeness (QED) is 0.806. The van der Waals surface area contributed by atoms with E-state index in [1.54, 1.807) is 6.20 Å². The van der Waals surface area contributed by atoms with Gasteiger partial charge in [-0.1, -0.05) is 26.7 Å². The Labute approximate surface area is 91.3 Å². The van der Waals surface area contributed by atoms with Crippen LogP contribution in [-0.4, -0.2) is 16.2 Å². The summed E-state index contributed by atoms with van der Waals surface area (Å²) >= 11 is 0. The van der Waals surface area contributed by atoms with E-state index in [0.717, 1.165) is 5.82 Å². The first-order chi connectivity index (χ1) is 7.18. The molecule has 2 rings (SSSR count). The third-order valence-electron chi connectivity index (χ3n) is 3.40. The molecule has 0 bridgehead atoms. The molecule has 0 radical (unpaired) electrons. The minimum Gasteiger partial charge on any atom is -0.365 e. The third kappa shape index (κ3) is 2.46. The first-order valence-electron chi connectivity index (χ1n) is 5.73. The van der Waals surface area contributed by atoms with Crippen LogP contribution < -0.4 is 5.32 Å². The van der Waals surface area contributed by atoms with Crippen molar-refractivity contribution in [3.8, 4) is 0 Å². The zero-order chi connectivity index (χ0) is 10.7. The van der Waals surface area contributed by atoms with Crippen LogP contribution in [-0.2, 0) is 0 Å². The molecular formula is C12H19N3. The summed E-state index contributed by atoms with van der Waals surface area (Å²) in [6.45, 7) is 4.67. The van der Waals surface area contributed by atoms with Crippen LogP contribution in [0.2, 0.25) is 0 Å². The van der Waals surface area contributed by atoms with Gasteiger partial charge < -0.3 is 5.32 Å². The van der Waals surface area contributed by atoms with E-state index in [9.17, 15) is 0 Å². The summed E-state index contributed by atoms with van der Waals surface area (Å²) in [5.74, 6) is 0.900. The second-order valence-corrected chi connectivity index (χ2v) is 5.04. The zero-order valence-electron chi connectivity index (χ0n) is 9.53. The van der Waals surface area contributed by atoms with E-state index in [2.05, 4.69) is 29.4 Å². The summed E-state index contributed by atoms with van der Waals surface area (Å²) in [6.07, 6.45) is 6.92. The van der Waals surface area contributed by atoms with Gasteiger partial charge >= 0.3 is 0 Å². The smallest absolute Gasteiger partial charge is 0.148 e. The van der Waals surface area contributed by atoms with Gasteiger partial charge in [0.05, 0.1) is 0 Å². The number of rotatable bonds is 2. The van der Waals surface area contributed by atoms with Crippen molar-refractivity contribution in [3.05, 3.63) is 18.3 Å². The molecule has 1 aliphatic carbocycles. The lowest BCUT2D eigenvalue weighted by Gasteiger charge is -2.39. The van der Waals surface area contributed by atoms with Gasteiger partial charge in [0.2, 0.25) is 0 Å². The van der Waals surface area contributed by atoms with Crippen LogP contribution in [0, 0.1) is 5.41 Å². The largest absolute Gasteiger partial charge is 0.365 e. The molecule has 1 aromatic rings. The predicted molar refractivity (Wildman–Crippen MR) is 61.7 cm³/mol. The number of hydrogen-bond acceptors (Lipinski definition) is 3. The maximum absolute atomic E-state index is 4.08. The van der Waals surface area contributed by atoms with Crippen molar-refractivity contribution in [1.29, 1.82) is 0 Å². The van der Waals surface area contributed by atoms with Crippen molar-refractivity contribution in [2.24, 2.45) is 5.41 Å². The number of anilines is 1. The SMILES string of the molecule is CC1(C)CCCCC1Nc1cccnn1. The normalized spacial score (nSPS) is 24.8. The van der Waals surface area contributed by atoms with Crippen LogP contribution in [0.15, 0.2) is 18.3 Å². The molecule has 1 fully saturated rings. The van der Waals surface area contributed by atoms with E-state index in [-0.39, 0.29) is 0 Å². The molecule has 1 unspecified atom stereocenters. The van der Waals surface area contributed by atoms with Gasteiger partial charge in [0.15, 0.2) is 0 Å². The molecule has 3 heteroatoms. The Morgan fingerprint density at radius 2 is 2.27 bits per heavy atom. The highest BCUT2D eigenvalue weighted by molar-refractivity contribution is 5.33. The molecule has 1 aromatic heterocycles. The van der Waals surface area contributed by atoms with Gasteiger partial charge in [-0.3, -0.25) is 0 Å². The molecule has 3 nitrogen and oxygen atoms in total. The van der Waals surface area contributed by atoms with Gasteiger partial charge in [0, 0.05) is 12.2 Å². The van der Waals surface area contributed by atoms with E-state index in [1.165, 1.54) is 25.7 Å². The van der Waals surface area contributed by atoms with E-state index < -0.39 is 0 Å². The third-order valence-corrected chi connectivity index (χ3v) is 3.40. The molecule has 1 N–H and O–H groups in total. The molecule has 0 aromatic carbocycles. The molecular weight excluding hydrogens is 186 g/mol. The maximum Gasteiger partial charge on any atom is 0.148 e. The summed E-state index contributed by atoms with van der Waals surface area (Å²) in [6, 6.07) is 4.44. The summed E-state index contributed by atoms with van der Waals surface area (Å²) in [7, 11) is 0. The van der Waals surface area contributed by atoms with Gasteiger partial charge in [-0.2, -0.15) is 5.10 Å². The van der Waals surface area contributed by atoms with Crippen molar-refractivity contribution in [1.82, 2.24) is 10.2 Å². The highest BCUT2D eigenvalue weighted by atomic mass is 15.2. The summed E-state index contributed by atoms with van der Waals surface area (Å²) in [4.78, 5) is 0. The van der Waals surface area contributed by atoms with Crippen molar-refractivity contribution in [3.63, 3.8) is 0 Å². The summed E-state index contributed by atoms with van der Waals surface area (Å²) in [5.41, 5.74) is 0.371. The van der Waals surface area contributed by atoms with E-state index >= 15 is 0 Å². The number of nitrogens with one attached hydrogen (secondary N) is 1. The van der Waals surface area contributed by atoms with Crippen LogP contribution >= 0.6 is 0 Å². The van der Waals surface area contributed by atoms with Crippen LogP contribution in [0.3, 0.4) is 0 Å². The minimum atomic E-state index is 0.371. The van der Waals surface area contributed by atoms with Crippen LogP contribution in [0.25, 0.3) is 0 Å². The average Bonchev–Trinajstić information content (AvgIpc) is 2.23. The second kappa shape index (κ2) is 4.17. The molecule has 1 heterocycles. The van der Waals surface area contributed by atoms with Crippen molar-refractivity contribution < 1.29 is 0 Å². The Balaban J connectivity index is 2.05. The zero-order valence-corrected chi connectivity index (χ0v) is 9.53. The monoisotopic (exact) mass is 205 g/mol. The van der Waals surface area contributed by atoms with Crippen LogP contribution in [0.1, 0.15) is 39.5 Å². The maximum atomic E-state index is 4.08. The first kappa shape index (κ1) is 10.4. The average molecular weight is 205 g/mol. The molecule has 1 saturated carbocycles. The lowest BCUT2D eigenvalue weighted by atomic mass is 9.73. The molecule has 0 aliphatic heterocycles. The van der Waals surface area contributed by atoms with E-state index in [0.29, 0.717) is 11.5 Å². The van der Waals surface area contributed by atoms with Gasteiger partial charge in [0.1, 0.15) is 5.82 Å². The first-order valence-corrected chi connectivity index (χ1v) is 5.73. The topological polar surface area (TPSA) is 37.8 Å². The lowest BCUT2D eigenvalue weighted by molar-refractivity contribution is 0.216. The highest BCUT2D eigenvalue weighted by Gasteiger charge is 2.32. The van der Waals surface area contributed by atoms with E-state index in [4.69, 9.17) is 0 Å². The Morgan fingerprint density at radius 1 is 1.40 bits per heavy atom. The molecule has 1 aliphatic rings. The Morgan fingerprint density at radius 3 is 2.93 bits per heavy atom. The Bertz CT molecular complexity index is 308. The van der Waals surface area contributed by atoms with Gasteiger partial charge in [-0.15, -0.1) is 5.10 Å². The molecule has 0 saturated heterocycles. The molecule has 1 atom stereocenters. The van der Waals surface area contributed by atoms with Gasteiger partial charge in [0.25, 0.3) is 0 Å². The van der Waals surface area contributed by atoms with Crippen LogP contribution in [0.5, 0.6) is 0 Å². The highest BCUT2D eigenvalue weighted by Crippen LogP contribution is 2.36. The van der Waals surface area contributed by atoms with E-state index in [1.807, 2.05) is 12.1 Å². The Hall–Kier alpha value is -1.12. The molecule has 82 valence electrons. The molecule has 0 amide bonds. The summed E-state index contributed by atoms with van der Waals surface area (Å²) < 4.78 is 0. The van der Waals surface area contributed by atoms with Crippen LogP contribution in [0.4, 0.5) is 5.82 Å². The minimum absolute atomic E-state index is 0.371. The second-order valence-electron chi connectivity index (χ2n) is 5.04. The van der Waals surface area contributed by atoms with Crippen molar-refractivity contribution >= 4 is 5.82 Å². The Kier molecular flexibility index (Phi) is 2.89. The molecule has 0 spiro atoms. The van der Waals surface area contributed by atoms with Crippen molar-refractivity contribution in [2.45, 2.75) is 45.6 Å². The fourth-order valence-electron chi connectivity index (χ4n) is 2.32.